The van der Waals surface area contributed by atoms with Gasteiger partial charge in [-0.15, -0.1) is 0 Å². The van der Waals surface area contributed by atoms with Gasteiger partial charge < -0.3 is 9.80 Å². The first-order valence-electron chi connectivity index (χ1n) is 8.79. The van der Waals surface area contributed by atoms with Gasteiger partial charge in [0.1, 0.15) is 12.1 Å². The predicted molar refractivity (Wildman–Crippen MR) is 98.3 cm³/mol. The summed E-state index contributed by atoms with van der Waals surface area (Å²) >= 11 is 0. The zero-order valence-corrected chi connectivity index (χ0v) is 15.9. The van der Waals surface area contributed by atoms with Crippen LogP contribution in [0, 0.1) is 22.7 Å². The SMILES string of the molecule is CC[C@@H](C#N)N(Cc1cccc(CN(C(C)=O)[C@H](C#N)CC)c1)C(C)=O. The number of carbonyl (C=O) groups excluding carboxylic acids is 2. The van der Waals surface area contributed by atoms with Gasteiger partial charge in [0.25, 0.3) is 0 Å². The second-order valence-electron chi connectivity index (χ2n) is 6.22. The molecule has 0 unspecified atom stereocenters. The van der Waals surface area contributed by atoms with Crippen LogP contribution >= 0.6 is 0 Å². The van der Waals surface area contributed by atoms with Crippen molar-refractivity contribution in [1.82, 2.24) is 9.80 Å². The molecule has 138 valence electrons. The third-order valence-electron chi connectivity index (χ3n) is 4.33. The van der Waals surface area contributed by atoms with Crippen LogP contribution in [0.4, 0.5) is 0 Å². The Balaban J connectivity index is 3.03. The summed E-state index contributed by atoms with van der Waals surface area (Å²) in [6, 6.07) is 11.0. The summed E-state index contributed by atoms with van der Waals surface area (Å²) < 4.78 is 0. The molecular formula is C20H26N4O2. The molecule has 1 aromatic carbocycles. The van der Waals surface area contributed by atoms with Gasteiger partial charge >= 0.3 is 0 Å². The minimum absolute atomic E-state index is 0.148. The fourth-order valence-electron chi connectivity index (χ4n) is 2.86. The van der Waals surface area contributed by atoms with Gasteiger partial charge in [0, 0.05) is 26.9 Å². The van der Waals surface area contributed by atoms with Crippen LogP contribution < -0.4 is 0 Å². The van der Waals surface area contributed by atoms with Crippen LogP contribution in [0.1, 0.15) is 51.7 Å². The van der Waals surface area contributed by atoms with Crippen molar-refractivity contribution in [3.63, 3.8) is 0 Å². The highest BCUT2D eigenvalue weighted by molar-refractivity contribution is 5.74. The number of hydrogen-bond donors (Lipinski definition) is 0. The Hall–Kier alpha value is -2.86. The van der Waals surface area contributed by atoms with Gasteiger partial charge in [0.15, 0.2) is 0 Å². The molecule has 2 atom stereocenters. The summed E-state index contributed by atoms with van der Waals surface area (Å²) in [6.07, 6.45) is 1.13. The van der Waals surface area contributed by atoms with E-state index in [-0.39, 0.29) is 11.8 Å². The first kappa shape index (κ1) is 21.2. The minimum Gasteiger partial charge on any atom is -0.323 e. The molecule has 2 amide bonds. The third kappa shape index (κ3) is 5.60. The highest BCUT2D eigenvalue weighted by atomic mass is 16.2. The van der Waals surface area contributed by atoms with Gasteiger partial charge in [0.05, 0.1) is 12.1 Å². The molecule has 1 aromatic rings. The molecule has 0 heterocycles. The molecule has 0 fully saturated rings. The van der Waals surface area contributed by atoms with E-state index >= 15 is 0 Å². The van der Waals surface area contributed by atoms with Crippen LogP contribution in [-0.4, -0.2) is 33.7 Å². The van der Waals surface area contributed by atoms with Crippen LogP contribution in [0.2, 0.25) is 0 Å². The predicted octanol–water partition coefficient (Wildman–Crippen LogP) is 2.99. The zero-order chi connectivity index (χ0) is 19.7. The minimum atomic E-state index is -0.465. The van der Waals surface area contributed by atoms with Gasteiger partial charge in [-0.1, -0.05) is 38.1 Å². The fourth-order valence-corrected chi connectivity index (χ4v) is 2.86. The Bertz CT molecular complexity index is 660. The third-order valence-corrected chi connectivity index (χ3v) is 4.33. The van der Waals surface area contributed by atoms with Crippen LogP contribution in [0.5, 0.6) is 0 Å². The molecule has 0 aliphatic rings. The Morgan fingerprint density at radius 3 is 1.58 bits per heavy atom. The number of carbonyl (C=O) groups is 2. The van der Waals surface area contributed by atoms with Gasteiger partial charge in [-0.3, -0.25) is 9.59 Å². The number of benzene rings is 1. The van der Waals surface area contributed by atoms with Crippen molar-refractivity contribution in [1.29, 1.82) is 10.5 Å². The van der Waals surface area contributed by atoms with E-state index in [1.165, 1.54) is 13.8 Å². The zero-order valence-electron chi connectivity index (χ0n) is 15.9. The Morgan fingerprint density at radius 1 is 0.923 bits per heavy atom. The van der Waals surface area contributed by atoms with Crippen molar-refractivity contribution in [3.8, 4) is 12.1 Å². The van der Waals surface area contributed by atoms with Crippen LogP contribution in [0.15, 0.2) is 24.3 Å². The molecule has 0 N–H and O–H groups in total. The Kier molecular flexibility index (Phi) is 8.31. The van der Waals surface area contributed by atoms with E-state index in [1.807, 2.05) is 38.1 Å². The van der Waals surface area contributed by atoms with Crippen molar-refractivity contribution in [2.24, 2.45) is 0 Å². The van der Waals surface area contributed by atoms with Crippen molar-refractivity contribution in [3.05, 3.63) is 35.4 Å². The first-order chi connectivity index (χ1) is 12.4. The van der Waals surface area contributed by atoms with Gasteiger partial charge in [-0.25, -0.2) is 0 Å². The lowest BCUT2D eigenvalue weighted by Gasteiger charge is -2.27. The molecule has 0 saturated heterocycles. The lowest BCUT2D eigenvalue weighted by atomic mass is 10.1. The van der Waals surface area contributed by atoms with Crippen LogP contribution in [0.3, 0.4) is 0 Å². The van der Waals surface area contributed by atoms with E-state index in [0.717, 1.165) is 11.1 Å². The summed E-state index contributed by atoms with van der Waals surface area (Å²) in [5, 5.41) is 18.5. The maximum absolute atomic E-state index is 11.9. The highest BCUT2D eigenvalue weighted by Crippen LogP contribution is 2.16. The van der Waals surface area contributed by atoms with E-state index in [4.69, 9.17) is 0 Å². The summed E-state index contributed by atoms with van der Waals surface area (Å²) in [6.45, 7) is 7.34. The molecule has 6 nitrogen and oxygen atoms in total. The van der Waals surface area contributed by atoms with Crippen molar-refractivity contribution in [2.45, 2.75) is 65.7 Å². The van der Waals surface area contributed by atoms with Crippen molar-refractivity contribution in [2.75, 3.05) is 0 Å². The first-order valence-corrected chi connectivity index (χ1v) is 8.79. The molecule has 0 aliphatic heterocycles. The standard InChI is InChI=1S/C20H26N4O2/c1-5-19(11-21)23(15(3)25)13-17-8-7-9-18(10-17)14-24(16(4)26)20(6-2)12-22/h7-10,19-20H,5-6,13-14H2,1-4H3/t19-,20-/m0/s1. The van der Waals surface area contributed by atoms with Gasteiger partial charge in [-0.05, 0) is 24.0 Å². The van der Waals surface area contributed by atoms with E-state index in [1.54, 1.807) is 9.80 Å². The summed E-state index contributed by atoms with van der Waals surface area (Å²) in [5.41, 5.74) is 1.78. The highest BCUT2D eigenvalue weighted by Gasteiger charge is 2.21. The van der Waals surface area contributed by atoms with Crippen LogP contribution in [0.25, 0.3) is 0 Å². The lowest BCUT2D eigenvalue weighted by Crippen LogP contribution is -2.37. The van der Waals surface area contributed by atoms with E-state index in [2.05, 4.69) is 12.1 Å². The fraction of sp³-hybridized carbons (Fsp3) is 0.500. The lowest BCUT2D eigenvalue weighted by molar-refractivity contribution is -0.131. The number of rotatable bonds is 8. The molecule has 6 heteroatoms. The molecule has 0 radical (unpaired) electrons. The smallest absolute Gasteiger partial charge is 0.220 e. The topological polar surface area (TPSA) is 88.2 Å². The maximum atomic E-state index is 11.9. The molecule has 26 heavy (non-hydrogen) atoms. The summed E-state index contributed by atoms with van der Waals surface area (Å²) in [4.78, 5) is 26.9. The monoisotopic (exact) mass is 354 g/mol. The number of amides is 2. The van der Waals surface area contributed by atoms with E-state index < -0.39 is 12.1 Å². The second kappa shape index (κ2) is 10.2. The van der Waals surface area contributed by atoms with Crippen molar-refractivity contribution < 1.29 is 9.59 Å². The molecule has 0 saturated carbocycles. The van der Waals surface area contributed by atoms with E-state index in [0.29, 0.717) is 25.9 Å². The van der Waals surface area contributed by atoms with Gasteiger partial charge in [0.2, 0.25) is 11.8 Å². The summed E-state index contributed by atoms with van der Waals surface area (Å²) in [7, 11) is 0. The molecule has 0 aliphatic carbocycles. The normalized spacial score (nSPS) is 12.4. The molecule has 1 rings (SSSR count). The molecule has 0 spiro atoms. The molecule has 0 aromatic heterocycles. The average Bonchev–Trinajstić information content (AvgIpc) is 2.62. The summed E-state index contributed by atoms with van der Waals surface area (Å²) in [5.74, 6) is -0.297. The second-order valence-corrected chi connectivity index (χ2v) is 6.22. The molecular weight excluding hydrogens is 328 g/mol. The maximum Gasteiger partial charge on any atom is 0.220 e. The number of hydrogen-bond acceptors (Lipinski definition) is 4. The Morgan fingerprint density at radius 2 is 1.31 bits per heavy atom. The molecule has 0 bridgehead atoms. The van der Waals surface area contributed by atoms with E-state index in [9.17, 15) is 20.1 Å². The largest absolute Gasteiger partial charge is 0.323 e. The van der Waals surface area contributed by atoms with Gasteiger partial charge in [-0.2, -0.15) is 10.5 Å². The number of nitrogens with zero attached hydrogens (tertiary/aromatic N) is 4. The average molecular weight is 354 g/mol. The van der Waals surface area contributed by atoms with Crippen LogP contribution in [-0.2, 0) is 22.7 Å². The quantitative estimate of drug-likeness (QED) is 0.718. The Labute approximate surface area is 155 Å². The van der Waals surface area contributed by atoms with Crippen molar-refractivity contribution >= 4 is 11.8 Å². The number of nitriles is 2.